The Morgan fingerprint density at radius 1 is 0.793 bits per heavy atom. The molecule has 3 rings (SSSR count). The van der Waals surface area contributed by atoms with Crippen LogP contribution in [-0.2, 0) is 0 Å². The summed E-state index contributed by atoms with van der Waals surface area (Å²) in [5, 5.41) is 5.73. The molecule has 0 saturated heterocycles. The number of methoxy groups -OCH3 is 1. The largest absolute Gasteiger partial charge is 0.496 e. The Hall–Kier alpha value is -3.12. The predicted molar refractivity (Wildman–Crippen MR) is 119 cm³/mol. The lowest BCUT2D eigenvalue weighted by molar-refractivity contribution is 0.101. The van der Waals surface area contributed by atoms with Crippen molar-refractivity contribution < 1.29 is 14.3 Å². The number of anilines is 2. The second kappa shape index (κ2) is 8.92. The molecule has 0 aromatic heterocycles. The van der Waals surface area contributed by atoms with Gasteiger partial charge in [-0.3, -0.25) is 9.59 Å². The van der Waals surface area contributed by atoms with Crippen LogP contribution in [0.3, 0.4) is 0 Å². The first kappa shape index (κ1) is 20.6. The Kier molecular flexibility index (Phi) is 6.34. The molecule has 0 saturated carbocycles. The van der Waals surface area contributed by atoms with Crippen LogP contribution in [0, 0.1) is 13.8 Å². The smallest absolute Gasteiger partial charge is 0.259 e. The van der Waals surface area contributed by atoms with Crippen LogP contribution in [-0.4, -0.2) is 18.9 Å². The van der Waals surface area contributed by atoms with Gasteiger partial charge in [0.2, 0.25) is 0 Å². The molecule has 0 aliphatic heterocycles. The zero-order valence-corrected chi connectivity index (χ0v) is 18.0. The molecule has 0 fully saturated rings. The van der Waals surface area contributed by atoms with E-state index in [0.717, 1.165) is 15.6 Å². The van der Waals surface area contributed by atoms with E-state index in [1.54, 1.807) is 36.4 Å². The van der Waals surface area contributed by atoms with Crippen molar-refractivity contribution in [1.29, 1.82) is 0 Å². The lowest BCUT2D eigenvalue weighted by atomic mass is 10.1. The number of carbonyl (C=O) groups is 2. The Morgan fingerprint density at radius 2 is 1.41 bits per heavy atom. The van der Waals surface area contributed by atoms with Crippen molar-refractivity contribution in [3.63, 3.8) is 0 Å². The van der Waals surface area contributed by atoms with Gasteiger partial charge in [-0.05, 0) is 61.4 Å². The van der Waals surface area contributed by atoms with Crippen LogP contribution in [0.15, 0.2) is 65.1 Å². The van der Waals surface area contributed by atoms with E-state index in [2.05, 4.69) is 26.6 Å². The molecule has 0 bridgehead atoms. The molecule has 29 heavy (non-hydrogen) atoms. The van der Waals surface area contributed by atoms with Gasteiger partial charge in [0.1, 0.15) is 5.75 Å². The first-order valence-electron chi connectivity index (χ1n) is 9.01. The number of rotatable bonds is 5. The normalized spacial score (nSPS) is 10.3. The molecule has 0 radical (unpaired) electrons. The zero-order chi connectivity index (χ0) is 21.0. The summed E-state index contributed by atoms with van der Waals surface area (Å²) in [5.41, 5.74) is 3.94. The molecule has 3 aromatic rings. The first-order valence-corrected chi connectivity index (χ1v) is 9.81. The predicted octanol–water partition coefficient (Wildman–Crippen LogP) is 5.58. The molecule has 0 aliphatic carbocycles. The average molecular weight is 453 g/mol. The van der Waals surface area contributed by atoms with Gasteiger partial charge in [-0.2, -0.15) is 0 Å². The van der Waals surface area contributed by atoms with Crippen molar-refractivity contribution >= 4 is 39.1 Å². The molecule has 6 heteroatoms. The van der Waals surface area contributed by atoms with Crippen LogP contribution in [0.5, 0.6) is 5.75 Å². The maximum absolute atomic E-state index is 12.8. The third-order valence-corrected chi connectivity index (χ3v) is 4.91. The van der Waals surface area contributed by atoms with E-state index in [4.69, 9.17) is 4.74 Å². The Labute approximate surface area is 178 Å². The van der Waals surface area contributed by atoms with Gasteiger partial charge < -0.3 is 15.4 Å². The molecule has 0 heterocycles. The molecular formula is C23H21BrN2O3. The lowest BCUT2D eigenvalue weighted by Gasteiger charge is -2.13. The topological polar surface area (TPSA) is 67.4 Å². The fourth-order valence-corrected chi connectivity index (χ4v) is 3.64. The molecule has 5 nitrogen and oxygen atoms in total. The molecule has 0 unspecified atom stereocenters. The molecule has 3 aromatic carbocycles. The van der Waals surface area contributed by atoms with E-state index >= 15 is 0 Å². The Balaban J connectivity index is 1.79. The third-order valence-electron chi connectivity index (χ3n) is 4.46. The molecule has 0 aliphatic rings. The highest BCUT2D eigenvalue weighted by Gasteiger charge is 2.16. The van der Waals surface area contributed by atoms with Crippen LogP contribution in [0.2, 0.25) is 0 Å². The minimum atomic E-state index is -0.298. The lowest BCUT2D eigenvalue weighted by Crippen LogP contribution is -2.15. The Bertz CT molecular complexity index is 1080. The van der Waals surface area contributed by atoms with Gasteiger partial charge in [-0.15, -0.1) is 0 Å². The number of benzene rings is 3. The number of hydrogen-bond donors (Lipinski definition) is 2. The Morgan fingerprint density at radius 3 is 2.03 bits per heavy atom. The van der Waals surface area contributed by atoms with Gasteiger partial charge in [-0.25, -0.2) is 0 Å². The van der Waals surface area contributed by atoms with Gasteiger partial charge in [0.25, 0.3) is 11.8 Å². The van der Waals surface area contributed by atoms with Gasteiger partial charge in [0, 0.05) is 21.4 Å². The van der Waals surface area contributed by atoms with Crippen LogP contribution in [0.1, 0.15) is 31.8 Å². The summed E-state index contributed by atoms with van der Waals surface area (Å²) in [4.78, 5) is 25.3. The molecule has 0 atom stereocenters. The summed E-state index contributed by atoms with van der Waals surface area (Å²) >= 11 is 3.41. The maximum Gasteiger partial charge on any atom is 0.259 e. The highest BCUT2D eigenvalue weighted by Crippen LogP contribution is 2.29. The van der Waals surface area contributed by atoms with Gasteiger partial charge in [0.05, 0.1) is 12.7 Å². The second-order valence-electron chi connectivity index (χ2n) is 6.61. The van der Waals surface area contributed by atoms with Crippen molar-refractivity contribution in [3.8, 4) is 5.75 Å². The molecule has 2 amide bonds. The quantitative estimate of drug-likeness (QED) is 0.530. The van der Waals surface area contributed by atoms with Crippen molar-refractivity contribution in [2.24, 2.45) is 0 Å². The van der Waals surface area contributed by atoms with Crippen LogP contribution < -0.4 is 15.4 Å². The highest BCUT2D eigenvalue weighted by molar-refractivity contribution is 9.10. The van der Waals surface area contributed by atoms with Gasteiger partial charge in [0.15, 0.2) is 0 Å². The minimum absolute atomic E-state index is 0.198. The van der Waals surface area contributed by atoms with Crippen molar-refractivity contribution in [2.45, 2.75) is 13.8 Å². The SMILES string of the molecule is COc1c(C)cc(Br)cc1C(=O)Nc1cccc(NC(=O)c2ccccc2C)c1. The summed E-state index contributed by atoms with van der Waals surface area (Å²) in [6.07, 6.45) is 0. The number of ether oxygens (including phenoxy) is 1. The summed E-state index contributed by atoms with van der Waals surface area (Å²) in [7, 11) is 1.54. The number of amides is 2. The molecular weight excluding hydrogens is 432 g/mol. The monoisotopic (exact) mass is 452 g/mol. The zero-order valence-electron chi connectivity index (χ0n) is 16.4. The highest BCUT2D eigenvalue weighted by atomic mass is 79.9. The van der Waals surface area contributed by atoms with Gasteiger partial charge in [-0.1, -0.05) is 40.2 Å². The molecule has 0 spiro atoms. The average Bonchev–Trinajstić information content (AvgIpc) is 2.68. The number of nitrogens with one attached hydrogen (secondary N) is 2. The second-order valence-corrected chi connectivity index (χ2v) is 7.52. The van der Waals surface area contributed by atoms with Crippen LogP contribution >= 0.6 is 15.9 Å². The number of hydrogen-bond acceptors (Lipinski definition) is 3. The molecule has 148 valence electrons. The van der Waals surface area contributed by atoms with Crippen LogP contribution in [0.4, 0.5) is 11.4 Å². The van der Waals surface area contributed by atoms with E-state index in [9.17, 15) is 9.59 Å². The summed E-state index contributed by atoms with van der Waals surface area (Å²) in [5.74, 6) is 0.0270. The molecule has 2 N–H and O–H groups in total. The van der Waals surface area contributed by atoms with E-state index in [0.29, 0.717) is 28.3 Å². The fraction of sp³-hybridized carbons (Fsp3) is 0.130. The summed E-state index contributed by atoms with van der Waals surface area (Å²) in [6, 6.07) is 18.0. The van der Waals surface area contributed by atoms with E-state index < -0.39 is 0 Å². The first-order chi connectivity index (χ1) is 13.9. The van der Waals surface area contributed by atoms with Gasteiger partial charge >= 0.3 is 0 Å². The summed E-state index contributed by atoms with van der Waals surface area (Å²) < 4.78 is 6.18. The number of halogens is 1. The van der Waals surface area contributed by atoms with E-state index in [1.807, 2.05) is 38.1 Å². The van der Waals surface area contributed by atoms with E-state index in [-0.39, 0.29) is 11.8 Å². The van der Waals surface area contributed by atoms with Crippen molar-refractivity contribution in [3.05, 3.63) is 87.4 Å². The fourth-order valence-electron chi connectivity index (χ4n) is 3.07. The standard InChI is InChI=1S/C23H21BrN2O3/c1-14-7-4-5-10-19(14)22(27)25-17-8-6-9-18(13-17)26-23(28)20-12-16(24)11-15(2)21(20)29-3/h4-13H,1-3H3,(H,25,27)(H,26,28). The van der Waals surface area contributed by atoms with Crippen LogP contribution in [0.25, 0.3) is 0 Å². The van der Waals surface area contributed by atoms with E-state index in [1.165, 1.54) is 7.11 Å². The van der Waals surface area contributed by atoms with Crippen molar-refractivity contribution in [2.75, 3.05) is 17.7 Å². The third kappa shape index (κ3) is 4.84. The minimum Gasteiger partial charge on any atom is -0.496 e. The summed E-state index contributed by atoms with van der Waals surface area (Å²) in [6.45, 7) is 3.76. The van der Waals surface area contributed by atoms with Crippen molar-refractivity contribution in [1.82, 2.24) is 0 Å². The number of aryl methyl sites for hydroxylation is 2. The maximum atomic E-state index is 12.8. The number of carbonyl (C=O) groups excluding carboxylic acids is 2.